The molecule has 0 radical (unpaired) electrons. The molecule has 0 saturated heterocycles. The number of hydrogen-bond acceptors (Lipinski definition) is 4. The number of fused-ring (bicyclic) bond motifs is 1. The minimum absolute atomic E-state index is 0.427. The van der Waals surface area contributed by atoms with Crippen molar-refractivity contribution in [3.8, 4) is 5.75 Å². The Morgan fingerprint density at radius 2 is 2.28 bits per heavy atom. The molecule has 0 aliphatic carbocycles. The van der Waals surface area contributed by atoms with Gasteiger partial charge in [-0.25, -0.2) is 9.78 Å². The number of ether oxygens (including phenoxy) is 1. The summed E-state index contributed by atoms with van der Waals surface area (Å²) in [5.74, 6) is -0.391. The highest BCUT2D eigenvalue weighted by Crippen LogP contribution is 2.30. The lowest BCUT2D eigenvalue weighted by atomic mass is 10.2. The number of aromatic nitrogens is 1. The summed E-state index contributed by atoms with van der Waals surface area (Å²) in [5, 5.41) is 10.0. The first kappa shape index (κ1) is 12.8. The second kappa shape index (κ2) is 5.35. The zero-order chi connectivity index (χ0) is 13.1. The van der Waals surface area contributed by atoms with Gasteiger partial charge in [0, 0.05) is 0 Å². The van der Waals surface area contributed by atoms with Crippen molar-refractivity contribution in [3.63, 3.8) is 0 Å². The molecule has 5 heteroatoms. The molecule has 0 fully saturated rings. The van der Waals surface area contributed by atoms with E-state index in [1.807, 2.05) is 19.1 Å². The summed E-state index contributed by atoms with van der Waals surface area (Å²) in [6.45, 7) is 3.84. The standard InChI is InChI=1S/C13H15NO3S/c1-3-8(13(15)16)17-9-6-5-7-10-12(9)14-11(4-2)18-10/h5-8H,3-4H2,1-2H3,(H,15,16). The number of para-hydroxylation sites is 1. The van der Waals surface area contributed by atoms with Gasteiger partial charge in [0.15, 0.2) is 6.10 Å². The lowest BCUT2D eigenvalue weighted by Crippen LogP contribution is -2.25. The quantitative estimate of drug-likeness (QED) is 0.902. The van der Waals surface area contributed by atoms with Crippen LogP contribution in [0.2, 0.25) is 0 Å². The Hall–Kier alpha value is -1.62. The fraction of sp³-hybridized carbons (Fsp3) is 0.385. The van der Waals surface area contributed by atoms with Crippen LogP contribution in [0.3, 0.4) is 0 Å². The number of carboxylic acid groups (broad SMARTS) is 1. The van der Waals surface area contributed by atoms with Crippen LogP contribution in [0.1, 0.15) is 25.3 Å². The SMILES string of the molecule is CCc1nc2c(OC(CC)C(=O)O)cccc2s1. The molecule has 2 aromatic rings. The Labute approximate surface area is 109 Å². The summed E-state index contributed by atoms with van der Waals surface area (Å²) < 4.78 is 6.57. The van der Waals surface area contributed by atoms with Gasteiger partial charge in [0.2, 0.25) is 0 Å². The minimum Gasteiger partial charge on any atom is -0.479 e. The van der Waals surface area contributed by atoms with Crippen molar-refractivity contribution in [3.05, 3.63) is 23.2 Å². The van der Waals surface area contributed by atoms with Crippen molar-refractivity contribution < 1.29 is 14.6 Å². The van der Waals surface area contributed by atoms with Gasteiger partial charge in [0.05, 0.1) is 9.71 Å². The van der Waals surface area contributed by atoms with Gasteiger partial charge in [-0.3, -0.25) is 0 Å². The molecular formula is C13H15NO3S. The van der Waals surface area contributed by atoms with E-state index in [0.29, 0.717) is 12.2 Å². The van der Waals surface area contributed by atoms with Crippen LogP contribution in [0.15, 0.2) is 18.2 Å². The van der Waals surface area contributed by atoms with Gasteiger partial charge in [0.25, 0.3) is 0 Å². The largest absolute Gasteiger partial charge is 0.479 e. The molecule has 1 unspecified atom stereocenters. The minimum atomic E-state index is -0.944. The molecule has 0 bridgehead atoms. The molecule has 1 aromatic carbocycles. The Morgan fingerprint density at radius 3 is 2.89 bits per heavy atom. The van der Waals surface area contributed by atoms with E-state index in [2.05, 4.69) is 4.98 Å². The van der Waals surface area contributed by atoms with Crippen LogP contribution < -0.4 is 4.74 Å². The predicted molar refractivity (Wildman–Crippen MR) is 71.3 cm³/mol. The van der Waals surface area contributed by atoms with E-state index in [1.165, 1.54) is 0 Å². The maximum Gasteiger partial charge on any atom is 0.344 e. The first-order valence-corrected chi connectivity index (χ1v) is 6.75. The second-order valence-corrected chi connectivity index (χ2v) is 5.03. The molecule has 1 heterocycles. The summed E-state index contributed by atoms with van der Waals surface area (Å²) in [7, 11) is 0. The molecule has 1 aromatic heterocycles. The molecule has 0 saturated carbocycles. The van der Waals surface area contributed by atoms with E-state index in [-0.39, 0.29) is 0 Å². The van der Waals surface area contributed by atoms with Gasteiger partial charge >= 0.3 is 5.97 Å². The van der Waals surface area contributed by atoms with Crippen LogP contribution in [0.25, 0.3) is 10.2 Å². The smallest absolute Gasteiger partial charge is 0.344 e. The molecular weight excluding hydrogens is 250 g/mol. The fourth-order valence-corrected chi connectivity index (χ4v) is 2.60. The van der Waals surface area contributed by atoms with E-state index >= 15 is 0 Å². The fourth-order valence-electron chi connectivity index (χ4n) is 1.68. The van der Waals surface area contributed by atoms with E-state index < -0.39 is 12.1 Å². The van der Waals surface area contributed by atoms with Gasteiger partial charge in [-0.1, -0.05) is 19.9 Å². The maximum atomic E-state index is 11.0. The lowest BCUT2D eigenvalue weighted by molar-refractivity contribution is -0.145. The number of benzene rings is 1. The molecule has 2 rings (SSSR count). The monoisotopic (exact) mass is 265 g/mol. The Bertz CT molecular complexity index is 564. The van der Waals surface area contributed by atoms with Crippen LogP contribution in [-0.4, -0.2) is 22.2 Å². The number of hydrogen-bond donors (Lipinski definition) is 1. The van der Waals surface area contributed by atoms with Crippen molar-refractivity contribution >= 4 is 27.5 Å². The summed E-state index contributed by atoms with van der Waals surface area (Å²) >= 11 is 1.62. The summed E-state index contributed by atoms with van der Waals surface area (Å²) in [6, 6.07) is 5.61. The van der Waals surface area contributed by atoms with Crippen LogP contribution in [0.5, 0.6) is 5.75 Å². The topological polar surface area (TPSA) is 59.4 Å². The number of aryl methyl sites for hydroxylation is 1. The first-order chi connectivity index (χ1) is 8.65. The van der Waals surface area contributed by atoms with E-state index in [9.17, 15) is 4.79 Å². The highest BCUT2D eigenvalue weighted by Gasteiger charge is 2.18. The molecule has 1 N–H and O–H groups in total. The third-order valence-corrected chi connectivity index (χ3v) is 3.81. The van der Waals surface area contributed by atoms with E-state index in [1.54, 1.807) is 24.3 Å². The average Bonchev–Trinajstić information content (AvgIpc) is 2.79. The van der Waals surface area contributed by atoms with E-state index in [0.717, 1.165) is 21.6 Å². The van der Waals surface area contributed by atoms with Crippen molar-refractivity contribution in [1.29, 1.82) is 0 Å². The summed E-state index contributed by atoms with van der Waals surface area (Å²) in [5.41, 5.74) is 0.763. The van der Waals surface area contributed by atoms with Crippen molar-refractivity contribution in [2.45, 2.75) is 32.8 Å². The molecule has 4 nitrogen and oxygen atoms in total. The number of thiazole rings is 1. The molecule has 0 aliphatic heterocycles. The molecule has 18 heavy (non-hydrogen) atoms. The Morgan fingerprint density at radius 1 is 1.50 bits per heavy atom. The first-order valence-electron chi connectivity index (χ1n) is 5.93. The third kappa shape index (κ3) is 2.46. The third-order valence-electron chi connectivity index (χ3n) is 2.64. The molecule has 0 aliphatic rings. The highest BCUT2D eigenvalue weighted by atomic mass is 32.1. The zero-order valence-electron chi connectivity index (χ0n) is 10.3. The van der Waals surface area contributed by atoms with Gasteiger partial charge in [-0.2, -0.15) is 0 Å². The molecule has 1 atom stereocenters. The van der Waals surface area contributed by atoms with Gasteiger partial charge in [-0.15, -0.1) is 11.3 Å². The van der Waals surface area contributed by atoms with Crippen molar-refractivity contribution in [2.24, 2.45) is 0 Å². The highest BCUT2D eigenvalue weighted by molar-refractivity contribution is 7.18. The lowest BCUT2D eigenvalue weighted by Gasteiger charge is -2.13. The number of nitrogens with zero attached hydrogens (tertiary/aromatic N) is 1. The molecule has 0 amide bonds. The van der Waals surface area contributed by atoms with Crippen molar-refractivity contribution in [1.82, 2.24) is 4.98 Å². The van der Waals surface area contributed by atoms with Gasteiger partial charge in [0.1, 0.15) is 11.3 Å². The van der Waals surface area contributed by atoms with Crippen LogP contribution in [0.4, 0.5) is 0 Å². The van der Waals surface area contributed by atoms with Crippen LogP contribution in [-0.2, 0) is 11.2 Å². The van der Waals surface area contributed by atoms with Crippen LogP contribution in [0, 0.1) is 0 Å². The normalized spacial score (nSPS) is 12.6. The predicted octanol–water partition coefficient (Wildman–Crippen LogP) is 3.10. The molecule has 96 valence electrons. The van der Waals surface area contributed by atoms with Crippen molar-refractivity contribution in [2.75, 3.05) is 0 Å². The zero-order valence-corrected chi connectivity index (χ0v) is 11.2. The number of aliphatic carboxylic acids is 1. The van der Waals surface area contributed by atoms with Crippen LogP contribution >= 0.6 is 11.3 Å². The Kier molecular flexibility index (Phi) is 3.81. The number of carbonyl (C=O) groups is 1. The average molecular weight is 265 g/mol. The summed E-state index contributed by atoms with van der Waals surface area (Å²) in [4.78, 5) is 15.5. The second-order valence-electron chi connectivity index (χ2n) is 3.92. The van der Waals surface area contributed by atoms with E-state index in [4.69, 9.17) is 9.84 Å². The van der Waals surface area contributed by atoms with Gasteiger partial charge < -0.3 is 9.84 Å². The number of rotatable bonds is 5. The summed E-state index contributed by atoms with van der Waals surface area (Å²) in [6.07, 6.45) is 0.480. The Balaban J connectivity index is 2.38. The van der Waals surface area contributed by atoms with Gasteiger partial charge in [-0.05, 0) is 25.0 Å². The molecule has 0 spiro atoms. The number of carboxylic acids is 1. The maximum absolute atomic E-state index is 11.0.